The third-order valence-corrected chi connectivity index (χ3v) is 2.29. The lowest BCUT2D eigenvalue weighted by Crippen LogP contribution is -2.35. The molecular formula is C12H16N4O3. The molecule has 0 saturated carbocycles. The van der Waals surface area contributed by atoms with Gasteiger partial charge < -0.3 is 14.9 Å². The maximum atomic E-state index is 11.5. The number of likely N-dealkylation sites (N-methyl/N-ethyl adjacent to an activating group) is 2. The molecule has 0 fully saturated rings. The van der Waals surface area contributed by atoms with Crippen molar-refractivity contribution in [1.82, 2.24) is 14.9 Å². The fraction of sp³-hybridized carbons (Fsp3) is 0.333. The van der Waals surface area contributed by atoms with Crippen LogP contribution in [0.15, 0.2) is 18.5 Å². The van der Waals surface area contributed by atoms with Crippen molar-refractivity contribution in [2.45, 2.75) is 0 Å². The molecule has 1 aromatic rings. The molecule has 7 heteroatoms. The van der Waals surface area contributed by atoms with Crippen LogP contribution >= 0.6 is 0 Å². The number of aliphatic carboxylic acids is 1. The molecule has 0 aromatic carbocycles. The van der Waals surface area contributed by atoms with Crippen molar-refractivity contribution in [3.8, 4) is 0 Å². The molecule has 0 atom stereocenters. The zero-order valence-corrected chi connectivity index (χ0v) is 11.1. The molecule has 1 amide bonds. The van der Waals surface area contributed by atoms with Crippen LogP contribution in [-0.4, -0.2) is 59.5 Å². The Morgan fingerprint density at radius 3 is 2.32 bits per heavy atom. The minimum atomic E-state index is -1.03. The van der Waals surface area contributed by atoms with E-state index in [-0.39, 0.29) is 12.5 Å². The van der Waals surface area contributed by atoms with Crippen molar-refractivity contribution in [1.29, 1.82) is 0 Å². The SMILES string of the molecule is CN(C)C(=O)CN(C)c1ncc(/C=C/C(=O)O)cn1. The number of rotatable bonds is 5. The molecular weight excluding hydrogens is 248 g/mol. The van der Waals surface area contributed by atoms with Crippen LogP contribution < -0.4 is 4.90 Å². The maximum absolute atomic E-state index is 11.5. The molecule has 0 aliphatic carbocycles. The zero-order chi connectivity index (χ0) is 14.4. The molecule has 1 aromatic heterocycles. The van der Waals surface area contributed by atoms with Gasteiger partial charge in [0.1, 0.15) is 0 Å². The third kappa shape index (κ3) is 4.74. The Kier molecular flexibility index (Phi) is 4.99. The quantitative estimate of drug-likeness (QED) is 0.759. The van der Waals surface area contributed by atoms with Crippen molar-refractivity contribution in [3.05, 3.63) is 24.0 Å². The first-order valence-electron chi connectivity index (χ1n) is 5.54. The summed E-state index contributed by atoms with van der Waals surface area (Å²) in [7, 11) is 5.07. The summed E-state index contributed by atoms with van der Waals surface area (Å²) in [5.41, 5.74) is 0.582. The standard InChI is InChI=1S/C12H16N4O3/c1-15(2)10(17)8-16(3)12-13-6-9(7-14-12)4-5-11(18)19/h4-7H,8H2,1-3H3,(H,18,19)/b5-4+. The summed E-state index contributed by atoms with van der Waals surface area (Å²) in [6.45, 7) is 0.178. The molecule has 0 saturated heterocycles. The van der Waals surface area contributed by atoms with E-state index >= 15 is 0 Å². The lowest BCUT2D eigenvalue weighted by atomic mass is 10.3. The van der Waals surface area contributed by atoms with Crippen LogP contribution in [0, 0.1) is 0 Å². The van der Waals surface area contributed by atoms with Gasteiger partial charge in [0.05, 0.1) is 6.54 Å². The summed E-state index contributed by atoms with van der Waals surface area (Å²) in [4.78, 5) is 33.1. The summed E-state index contributed by atoms with van der Waals surface area (Å²) in [6, 6.07) is 0. The van der Waals surface area contributed by atoms with Gasteiger partial charge in [-0.15, -0.1) is 0 Å². The molecule has 19 heavy (non-hydrogen) atoms. The monoisotopic (exact) mass is 264 g/mol. The van der Waals surface area contributed by atoms with E-state index < -0.39 is 5.97 Å². The van der Waals surface area contributed by atoms with E-state index in [1.54, 1.807) is 26.0 Å². The summed E-state index contributed by atoms with van der Waals surface area (Å²) < 4.78 is 0. The number of carboxylic acids is 1. The first-order chi connectivity index (χ1) is 8.90. The van der Waals surface area contributed by atoms with Crippen molar-refractivity contribution in [2.75, 3.05) is 32.6 Å². The lowest BCUT2D eigenvalue weighted by Gasteiger charge is -2.18. The number of anilines is 1. The lowest BCUT2D eigenvalue weighted by molar-refractivity contribution is -0.131. The fourth-order valence-corrected chi connectivity index (χ4v) is 1.20. The molecule has 0 bridgehead atoms. The molecule has 0 spiro atoms. The van der Waals surface area contributed by atoms with Crippen LogP contribution in [0.1, 0.15) is 5.56 Å². The predicted molar refractivity (Wildman–Crippen MR) is 70.7 cm³/mol. The van der Waals surface area contributed by atoms with Gasteiger partial charge in [-0.25, -0.2) is 14.8 Å². The Bertz CT molecular complexity index is 482. The van der Waals surface area contributed by atoms with Crippen molar-refractivity contribution in [3.63, 3.8) is 0 Å². The summed E-state index contributed by atoms with van der Waals surface area (Å²) in [5, 5.41) is 8.49. The number of nitrogens with zero attached hydrogens (tertiary/aromatic N) is 4. The van der Waals surface area contributed by atoms with E-state index in [9.17, 15) is 9.59 Å². The normalized spacial score (nSPS) is 10.5. The van der Waals surface area contributed by atoms with Gasteiger partial charge in [0.2, 0.25) is 11.9 Å². The molecule has 0 unspecified atom stereocenters. The van der Waals surface area contributed by atoms with Gasteiger partial charge in [-0.05, 0) is 6.08 Å². The number of hydrogen-bond acceptors (Lipinski definition) is 5. The van der Waals surface area contributed by atoms with Gasteiger partial charge in [0.15, 0.2) is 0 Å². The largest absolute Gasteiger partial charge is 0.478 e. The zero-order valence-electron chi connectivity index (χ0n) is 11.1. The molecule has 7 nitrogen and oxygen atoms in total. The van der Waals surface area contributed by atoms with E-state index in [0.29, 0.717) is 11.5 Å². The van der Waals surface area contributed by atoms with Crippen LogP contribution in [0.25, 0.3) is 6.08 Å². The Hall–Kier alpha value is -2.44. The Balaban J connectivity index is 2.70. The minimum absolute atomic E-state index is 0.0547. The number of carbonyl (C=O) groups excluding carboxylic acids is 1. The fourth-order valence-electron chi connectivity index (χ4n) is 1.20. The molecule has 0 aliphatic rings. The Morgan fingerprint density at radius 2 is 1.84 bits per heavy atom. The number of aromatic nitrogens is 2. The van der Waals surface area contributed by atoms with E-state index in [1.165, 1.54) is 23.4 Å². The van der Waals surface area contributed by atoms with Crippen molar-refractivity contribution in [2.24, 2.45) is 0 Å². The van der Waals surface area contributed by atoms with E-state index in [0.717, 1.165) is 6.08 Å². The molecule has 1 heterocycles. The number of amides is 1. The Labute approximate surface area is 111 Å². The maximum Gasteiger partial charge on any atom is 0.328 e. The number of carbonyl (C=O) groups is 2. The summed E-state index contributed by atoms with van der Waals surface area (Å²) in [5.74, 6) is -0.679. The highest BCUT2D eigenvalue weighted by Gasteiger charge is 2.10. The van der Waals surface area contributed by atoms with Crippen LogP contribution in [0.2, 0.25) is 0 Å². The van der Waals surface area contributed by atoms with Gasteiger partial charge in [-0.1, -0.05) is 0 Å². The van der Waals surface area contributed by atoms with Crippen LogP contribution in [-0.2, 0) is 9.59 Å². The van der Waals surface area contributed by atoms with E-state index in [1.807, 2.05) is 0 Å². The molecule has 0 aliphatic heterocycles. The van der Waals surface area contributed by atoms with Crippen molar-refractivity contribution < 1.29 is 14.7 Å². The average molecular weight is 264 g/mol. The minimum Gasteiger partial charge on any atom is -0.478 e. The molecule has 102 valence electrons. The van der Waals surface area contributed by atoms with Crippen LogP contribution in [0.5, 0.6) is 0 Å². The smallest absolute Gasteiger partial charge is 0.328 e. The average Bonchev–Trinajstić information content (AvgIpc) is 2.36. The van der Waals surface area contributed by atoms with Gasteiger partial charge in [-0.3, -0.25) is 4.79 Å². The van der Waals surface area contributed by atoms with Gasteiger partial charge in [-0.2, -0.15) is 0 Å². The van der Waals surface area contributed by atoms with Crippen molar-refractivity contribution >= 4 is 23.9 Å². The second kappa shape index (κ2) is 6.48. The van der Waals surface area contributed by atoms with Gasteiger partial charge >= 0.3 is 5.97 Å². The highest BCUT2D eigenvalue weighted by molar-refractivity contribution is 5.85. The Morgan fingerprint density at radius 1 is 1.26 bits per heavy atom. The second-order valence-electron chi connectivity index (χ2n) is 4.13. The first-order valence-corrected chi connectivity index (χ1v) is 5.54. The molecule has 0 radical (unpaired) electrons. The van der Waals surface area contributed by atoms with Crippen LogP contribution in [0.3, 0.4) is 0 Å². The predicted octanol–water partition coefficient (Wildman–Crippen LogP) is 0.0988. The summed E-state index contributed by atoms with van der Waals surface area (Å²) in [6.07, 6.45) is 5.41. The molecule has 1 rings (SSSR count). The highest BCUT2D eigenvalue weighted by atomic mass is 16.4. The number of carboxylic acid groups (broad SMARTS) is 1. The second-order valence-corrected chi connectivity index (χ2v) is 4.13. The first kappa shape index (κ1) is 14.6. The van der Waals surface area contributed by atoms with E-state index in [2.05, 4.69) is 9.97 Å². The topological polar surface area (TPSA) is 86.6 Å². The molecule has 1 N–H and O–H groups in total. The van der Waals surface area contributed by atoms with Gasteiger partial charge in [0.25, 0.3) is 0 Å². The third-order valence-electron chi connectivity index (χ3n) is 2.29. The highest BCUT2D eigenvalue weighted by Crippen LogP contribution is 2.06. The van der Waals surface area contributed by atoms with Crippen LogP contribution in [0.4, 0.5) is 5.95 Å². The number of hydrogen-bond donors (Lipinski definition) is 1. The van der Waals surface area contributed by atoms with E-state index in [4.69, 9.17) is 5.11 Å². The van der Waals surface area contributed by atoms with Gasteiger partial charge in [0, 0.05) is 45.2 Å². The summed E-state index contributed by atoms with van der Waals surface area (Å²) >= 11 is 0.